The maximum absolute atomic E-state index is 12.2. The van der Waals surface area contributed by atoms with Crippen LogP contribution in [-0.4, -0.2) is 78.2 Å². The van der Waals surface area contributed by atoms with E-state index < -0.39 is 0 Å². The zero-order valence-corrected chi connectivity index (χ0v) is 17.7. The number of para-hydroxylation sites is 1. The van der Waals surface area contributed by atoms with E-state index in [-0.39, 0.29) is 12.1 Å². The molecule has 0 saturated carbocycles. The normalized spacial score (nSPS) is 15.1. The molecular weight excluding hydrogens is 366 g/mol. The van der Waals surface area contributed by atoms with Crippen molar-refractivity contribution in [2.24, 2.45) is 0 Å². The van der Waals surface area contributed by atoms with Gasteiger partial charge in [-0.05, 0) is 46.0 Å². The fourth-order valence-corrected chi connectivity index (χ4v) is 3.45. The molecule has 0 aliphatic carbocycles. The van der Waals surface area contributed by atoms with Crippen molar-refractivity contribution < 1.29 is 4.79 Å². The Morgan fingerprint density at radius 3 is 2.59 bits per heavy atom. The Hall–Kier alpha value is -2.45. The second kappa shape index (κ2) is 10.4. The van der Waals surface area contributed by atoms with Gasteiger partial charge in [-0.15, -0.1) is 0 Å². The zero-order valence-electron chi connectivity index (χ0n) is 17.7. The standard InChI is InChI=1S/C21H33N7O/c1-16(2)24-21(29)28-13-11-27(12-14-28)15-19-25-18-8-5-4-7-17(18)20(26-19)23-10-6-9-22-3/h4-5,7-8,16,22H,6,9-15H2,1-3H3,(H,24,29)(H,23,25,26). The van der Waals surface area contributed by atoms with Gasteiger partial charge in [0.05, 0.1) is 12.1 Å². The molecule has 0 radical (unpaired) electrons. The van der Waals surface area contributed by atoms with E-state index in [1.807, 2.05) is 44.0 Å². The van der Waals surface area contributed by atoms with Gasteiger partial charge in [0.25, 0.3) is 0 Å². The number of anilines is 1. The van der Waals surface area contributed by atoms with Crippen LogP contribution in [0.5, 0.6) is 0 Å². The minimum atomic E-state index is 0.0228. The molecule has 0 unspecified atom stereocenters. The van der Waals surface area contributed by atoms with Gasteiger partial charge in [0.1, 0.15) is 11.6 Å². The third-order valence-electron chi connectivity index (χ3n) is 4.98. The van der Waals surface area contributed by atoms with Gasteiger partial charge in [-0.25, -0.2) is 14.8 Å². The number of hydrogen-bond donors (Lipinski definition) is 3. The summed E-state index contributed by atoms with van der Waals surface area (Å²) in [5.41, 5.74) is 0.962. The van der Waals surface area contributed by atoms with Crippen LogP contribution in [0.1, 0.15) is 26.1 Å². The summed E-state index contributed by atoms with van der Waals surface area (Å²) in [4.78, 5) is 25.9. The lowest BCUT2D eigenvalue weighted by molar-refractivity contribution is 0.132. The highest BCUT2D eigenvalue weighted by Crippen LogP contribution is 2.21. The molecule has 1 fully saturated rings. The van der Waals surface area contributed by atoms with E-state index in [2.05, 4.69) is 26.9 Å². The van der Waals surface area contributed by atoms with E-state index in [0.717, 1.165) is 68.2 Å². The van der Waals surface area contributed by atoms with Crippen LogP contribution in [0.3, 0.4) is 0 Å². The van der Waals surface area contributed by atoms with Crippen molar-refractivity contribution in [3.05, 3.63) is 30.1 Å². The summed E-state index contributed by atoms with van der Waals surface area (Å²) in [6, 6.07) is 8.31. The van der Waals surface area contributed by atoms with Crippen LogP contribution in [0.25, 0.3) is 10.9 Å². The van der Waals surface area contributed by atoms with Crippen molar-refractivity contribution in [1.29, 1.82) is 0 Å². The van der Waals surface area contributed by atoms with Crippen LogP contribution in [0.15, 0.2) is 24.3 Å². The van der Waals surface area contributed by atoms with Crippen LogP contribution in [0.2, 0.25) is 0 Å². The monoisotopic (exact) mass is 399 g/mol. The lowest BCUT2D eigenvalue weighted by Crippen LogP contribution is -2.52. The molecule has 2 heterocycles. The topological polar surface area (TPSA) is 85.4 Å². The van der Waals surface area contributed by atoms with Gasteiger partial charge in [-0.3, -0.25) is 4.90 Å². The van der Waals surface area contributed by atoms with Crippen LogP contribution >= 0.6 is 0 Å². The number of urea groups is 1. The SMILES string of the molecule is CNCCCNc1nc(CN2CCN(C(=O)NC(C)C)CC2)nc2ccccc12. The molecule has 3 rings (SSSR count). The highest BCUT2D eigenvalue weighted by Gasteiger charge is 2.22. The molecular formula is C21H33N7O. The molecule has 1 aliphatic rings. The first-order valence-electron chi connectivity index (χ1n) is 10.5. The summed E-state index contributed by atoms with van der Waals surface area (Å²) in [6.07, 6.45) is 1.03. The predicted octanol–water partition coefficient (Wildman–Crippen LogP) is 1.89. The molecule has 3 N–H and O–H groups in total. The first kappa shape index (κ1) is 21.3. The van der Waals surface area contributed by atoms with Crippen LogP contribution < -0.4 is 16.0 Å². The van der Waals surface area contributed by atoms with Gasteiger partial charge in [0.15, 0.2) is 0 Å². The van der Waals surface area contributed by atoms with Gasteiger partial charge >= 0.3 is 6.03 Å². The molecule has 2 aromatic rings. The maximum atomic E-state index is 12.2. The van der Waals surface area contributed by atoms with E-state index in [4.69, 9.17) is 9.97 Å². The van der Waals surface area contributed by atoms with Crippen molar-refractivity contribution >= 4 is 22.8 Å². The van der Waals surface area contributed by atoms with E-state index in [0.29, 0.717) is 6.54 Å². The molecule has 0 bridgehead atoms. The average Bonchev–Trinajstić information content (AvgIpc) is 2.71. The minimum absolute atomic E-state index is 0.0228. The third-order valence-corrected chi connectivity index (χ3v) is 4.98. The molecule has 8 nitrogen and oxygen atoms in total. The molecule has 1 aromatic carbocycles. The zero-order chi connectivity index (χ0) is 20.6. The fourth-order valence-electron chi connectivity index (χ4n) is 3.45. The maximum Gasteiger partial charge on any atom is 0.317 e. The number of fused-ring (bicyclic) bond motifs is 1. The molecule has 1 saturated heterocycles. The van der Waals surface area contributed by atoms with Gasteiger partial charge in [0.2, 0.25) is 0 Å². The second-order valence-corrected chi connectivity index (χ2v) is 7.76. The van der Waals surface area contributed by atoms with Crippen molar-refractivity contribution in [2.45, 2.75) is 32.9 Å². The second-order valence-electron chi connectivity index (χ2n) is 7.76. The highest BCUT2D eigenvalue weighted by molar-refractivity contribution is 5.88. The molecule has 1 aliphatic heterocycles. The molecule has 29 heavy (non-hydrogen) atoms. The van der Waals surface area contributed by atoms with E-state index in [9.17, 15) is 4.79 Å². The van der Waals surface area contributed by atoms with Gasteiger partial charge < -0.3 is 20.9 Å². The fraction of sp³-hybridized carbons (Fsp3) is 0.571. The number of nitrogens with one attached hydrogen (secondary N) is 3. The Morgan fingerprint density at radius 2 is 1.86 bits per heavy atom. The minimum Gasteiger partial charge on any atom is -0.369 e. The first-order chi connectivity index (χ1) is 14.1. The molecule has 1 aromatic heterocycles. The molecule has 8 heteroatoms. The summed E-state index contributed by atoms with van der Waals surface area (Å²) in [5, 5.41) is 10.7. The Morgan fingerprint density at radius 1 is 1.10 bits per heavy atom. The van der Waals surface area contributed by atoms with Crippen molar-refractivity contribution in [3.63, 3.8) is 0 Å². The smallest absolute Gasteiger partial charge is 0.317 e. The third kappa shape index (κ3) is 6.01. The number of carbonyl (C=O) groups excluding carboxylic acids is 1. The van der Waals surface area contributed by atoms with Crippen molar-refractivity contribution in [2.75, 3.05) is 51.6 Å². The number of amides is 2. The summed E-state index contributed by atoms with van der Waals surface area (Å²) in [5.74, 6) is 1.72. The number of nitrogens with zero attached hydrogens (tertiary/aromatic N) is 4. The molecule has 0 spiro atoms. The molecule has 2 amide bonds. The predicted molar refractivity (Wildman–Crippen MR) is 117 cm³/mol. The Bertz CT molecular complexity index is 803. The van der Waals surface area contributed by atoms with Crippen LogP contribution in [-0.2, 0) is 6.54 Å². The van der Waals surface area contributed by atoms with Crippen molar-refractivity contribution in [1.82, 2.24) is 30.4 Å². The number of piperazine rings is 1. The summed E-state index contributed by atoms with van der Waals surface area (Å²) in [6.45, 7) is 9.59. The van der Waals surface area contributed by atoms with Crippen LogP contribution in [0, 0.1) is 0 Å². The van der Waals surface area contributed by atoms with E-state index in [1.165, 1.54) is 0 Å². The number of hydrogen-bond acceptors (Lipinski definition) is 6. The van der Waals surface area contributed by atoms with Crippen molar-refractivity contribution in [3.8, 4) is 0 Å². The number of benzene rings is 1. The van der Waals surface area contributed by atoms with E-state index >= 15 is 0 Å². The lowest BCUT2D eigenvalue weighted by atomic mass is 10.2. The van der Waals surface area contributed by atoms with Crippen LogP contribution in [0.4, 0.5) is 10.6 Å². The lowest BCUT2D eigenvalue weighted by Gasteiger charge is -2.34. The largest absolute Gasteiger partial charge is 0.369 e. The molecule has 158 valence electrons. The quantitative estimate of drug-likeness (QED) is 0.588. The summed E-state index contributed by atoms with van der Waals surface area (Å²) in [7, 11) is 1.96. The Balaban J connectivity index is 1.63. The van der Waals surface area contributed by atoms with Gasteiger partial charge in [-0.1, -0.05) is 12.1 Å². The number of aromatic nitrogens is 2. The summed E-state index contributed by atoms with van der Waals surface area (Å²) >= 11 is 0. The number of carbonyl (C=O) groups is 1. The average molecular weight is 400 g/mol. The summed E-state index contributed by atoms with van der Waals surface area (Å²) < 4.78 is 0. The van der Waals surface area contributed by atoms with Gasteiger partial charge in [0, 0.05) is 44.2 Å². The molecule has 0 atom stereocenters. The Labute approximate surface area is 173 Å². The number of rotatable bonds is 8. The highest BCUT2D eigenvalue weighted by atomic mass is 16.2. The van der Waals surface area contributed by atoms with Gasteiger partial charge in [-0.2, -0.15) is 0 Å². The van der Waals surface area contributed by atoms with E-state index in [1.54, 1.807) is 0 Å². The Kier molecular flexibility index (Phi) is 7.60. The first-order valence-corrected chi connectivity index (χ1v) is 10.5.